The third kappa shape index (κ3) is 3.56. The van der Waals surface area contributed by atoms with E-state index in [4.69, 9.17) is 16.1 Å². The number of carbonyl (C=O) groups is 2. The summed E-state index contributed by atoms with van der Waals surface area (Å²) >= 11 is 6.10. The first-order chi connectivity index (χ1) is 11.8. The van der Waals surface area contributed by atoms with Gasteiger partial charge in [0.15, 0.2) is 11.4 Å². The largest absolute Gasteiger partial charge is 0.356 e. The van der Waals surface area contributed by atoms with Crippen LogP contribution in [0, 0.1) is 13.8 Å². The molecule has 0 unspecified atom stereocenters. The van der Waals surface area contributed by atoms with Crippen molar-refractivity contribution in [3.05, 3.63) is 57.7 Å². The molecule has 6 heteroatoms. The normalized spacial score (nSPS) is 10.9. The zero-order valence-electron chi connectivity index (χ0n) is 14.1. The SMILES string of the molecule is CC(=O)c1ccc(Cl)c(NC(=O)Cc2noc3c(C)cc(C)cc23)c1. The van der Waals surface area contributed by atoms with E-state index < -0.39 is 0 Å². The molecule has 1 heterocycles. The fraction of sp³-hybridized carbons (Fsp3) is 0.211. The van der Waals surface area contributed by atoms with Gasteiger partial charge in [0.1, 0.15) is 5.69 Å². The summed E-state index contributed by atoms with van der Waals surface area (Å²) in [7, 11) is 0. The molecule has 1 aromatic heterocycles. The van der Waals surface area contributed by atoms with Crippen LogP contribution in [0.25, 0.3) is 11.0 Å². The van der Waals surface area contributed by atoms with E-state index in [1.54, 1.807) is 18.2 Å². The van der Waals surface area contributed by atoms with E-state index in [0.29, 0.717) is 27.6 Å². The summed E-state index contributed by atoms with van der Waals surface area (Å²) in [4.78, 5) is 23.9. The smallest absolute Gasteiger partial charge is 0.230 e. The van der Waals surface area contributed by atoms with Gasteiger partial charge in [-0.2, -0.15) is 0 Å². The number of halogens is 1. The molecule has 0 aliphatic rings. The topological polar surface area (TPSA) is 72.2 Å². The highest BCUT2D eigenvalue weighted by Crippen LogP contribution is 2.26. The van der Waals surface area contributed by atoms with Gasteiger partial charge in [-0.15, -0.1) is 0 Å². The van der Waals surface area contributed by atoms with Gasteiger partial charge >= 0.3 is 0 Å². The number of carbonyl (C=O) groups excluding carboxylic acids is 2. The van der Waals surface area contributed by atoms with E-state index in [2.05, 4.69) is 10.5 Å². The van der Waals surface area contributed by atoms with Crippen molar-refractivity contribution < 1.29 is 14.1 Å². The van der Waals surface area contributed by atoms with Crippen molar-refractivity contribution in [3.8, 4) is 0 Å². The van der Waals surface area contributed by atoms with Crippen LogP contribution >= 0.6 is 11.6 Å². The summed E-state index contributed by atoms with van der Waals surface area (Å²) < 4.78 is 5.36. The van der Waals surface area contributed by atoms with E-state index in [0.717, 1.165) is 16.5 Å². The zero-order valence-corrected chi connectivity index (χ0v) is 14.9. The Morgan fingerprint density at radius 3 is 2.68 bits per heavy atom. The molecule has 5 nitrogen and oxygen atoms in total. The van der Waals surface area contributed by atoms with Crippen molar-refractivity contribution >= 4 is 39.9 Å². The predicted molar refractivity (Wildman–Crippen MR) is 97.3 cm³/mol. The highest BCUT2D eigenvalue weighted by molar-refractivity contribution is 6.33. The number of fused-ring (bicyclic) bond motifs is 1. The lowest BCUT2D eigenvalue weighted by molar-refractivity contribution is -0.115. The summed E-state index contributed by atoms with van der Waals surface area (Å²) in [5, 5.41) is 7.96. The Bertz CT molecular complexity index is 992. The Morgan fingerprint density at radius 1 is 1.20 bits per heavy atom. The van der Waals surface area contributed by atoms with Gasteiger partial charge in [0.2, 0.25) is 5.91 Å². The number of rotatable bonds is 4. The van der Waals surface area contributed by atoms with Crippen molar-refractivity contribution in [2.24, 2.45) is 0 Å². The molecule has 0 aliphatic carbocycles. The minimum atomic E-state index is -0.281. The van der Waals surface area contributed by atoms with Crippen LogP contribution in [-0.4, -0.2) is 16.8 Å². The number of anilines is 1. The first-order valence-electron chi connectivity index (χ1n) is 7.81. The highest BCUT2D eigenvalue weighted by atomic mass is 35.5. The lowest BCUT2D eigenvalue weighted by Crippen LogP contribution is -2.15. The van der Waals surface area contributed by atoms with Crippen LogP contribution in [0.5, 0.6) is 0 Å². The van der Waals surface area contributed by atoms with Gasteiger partial charge in [0.05, 0.1) is 17.1 Å². The zero-order chi connectivity index (χ0) is 18.1. The Hall–Kier alpha value is -2.66. The second-order valence-corrected chi connectivity index (χ2v) is 6.47. The van der Waals surface area contributed by atoms with Gasteiger partial charge in [0, 0.05) is 10.9 Å². The maximum Gasteiger partial charge on any atom is 0.230 e. The number of benzene rings is 2. The van der Waals surface area contributed by atoms with Crippen molar-refractivity contribution in [2.45, 2.75) is 27.2 Å². The quantitative estimate of drug-likeness (QED) is 0.699. The lowest BCUT2D eigenvalue weighted by Gasteiger charge is -2.08. The second-order valence-electron chi connectivity index (χ2n) is 6.06. The van der Waals surface area contributed by atoms with Crippen LogP contribution in [-0.2, 0) is 11.2 Å². The molecule has 25 heavy (non-hydrogen) atoms. The predicted octanol–water partition coefficient (Wildman–Crippen LogP) is 4.48. The van der Waals surface area contributed by atoms with Gasteiger partial charge in [-0.1, -0.05) is 22.8 Å². The Morgan fingerprint density at radius 2 is 1.96 bits per heavy atom. The van der Waals surface area contributed by atoms with E-state index in [1.165, 1.54) is 6.92 Å². The number of Topliss-reactive ketones (excluding diaryl/α,β-unsaturated/α-hetero) is 1. The number of hydrogen-bond acceptors (Lipinski definition) is 4. The number of hydrogen-bond donors (Lipinski definition) is 1. The van der Waals surface area contributed by atoms with Crippen molar-refractivity contribution in [2.75, 3.05) is 5.32 Å². The Labute approximate surface area is 150 Å². The third-order valence-electron chi connectivity index (χ3n) is 3.95. The number of aromatic nitrogens is 1. The maximum absolute atomic E-state index is 12.4. The first kappa shape index (κ1) is 17.2. The standard InChI is InChI=1S/C19H17ClN2O3/c1-10-6-11(2)19-14(7-10)16(22-25-19)9-18(24)21-17-8-13(12(3)23)4-5-15(17)20/h4-8H,9H2,1-3H3,(H,21,24). The van der Waals surface area contributed by atoms with Crippen LogP contribution in [0.4, 0.5) is 5.69 Å². The summed E-state index contributed by atoms with van der Waals surface area (Å²) in [5.74, 6) is -0.377. The van der Waals surface area contributed by atoms with Gasteiger partial charge in [-0.25, -0.2) is 0 Å². The summed E-state index contributed by atoms with van der Waals surface area (Å²) in [6, 6.07) is 8.73. The molecule has 128 valence electrons. The van der Waals surface area contributed by atoms with Gasteiger partial charge < -0.3 is 9.84 Å². The van der Waals surface area contributed by atoms with Crippen LogP contribution in [0.2, 0.25) is 5.02 Å². The fourth-order valence-corrected chi connectivity index (χ4v) is 2.92. The molecule has 0 fully saturated rings. The molecule has 2 aromatic carbocycles. The van der Waals surface area contributed by atoms with Gasteiger partial charge in [-0.05, 0) is 56.2 Å². The second kappa shape index (κ2) is 6.69. The minimum absolute atomic E-state index is 0.0521. The van der Waals surface area contributed by atoms with Gasteiger partial charge in [0.25, 0.3) is 0 Å². The minimum Gasteiger partial charge on any atom is -0.356 e. The fourth-order valence-electron chi connectivity index (χ4n) is 2.75. The van der Waals surface area contributed by atoms with Crippen molar-refractivity contribution in [3.63, 3.8) is 0 Å². The third-order valence-corrected chi connectivity index (χ3v) is 4.28. The molecule has 0 aliphatic heterocycles. The van der Waals surface area contributed by atoms with Crippen molar-refractivity contribution in [1.82, 2.24) is 5.16 Å². The van der Waals surface area contributed by atoms with E-state index in [1.807, 2.05) is 26.0 Å². The molecule has 0 radical (unpaired) electrons. The van der Waals surface area contributed by atoms with Crippen LogP contribution in [0.3, 0.4) is 0 Å². The van der Waals surface area contributed by atoms with Crippen LogP contribution in [0.15, 0.2) is 34.9 Å². The first-order valence-corrected chi connectivity index (χ1v) is 8.19. The molecule has 0 saturated carbocycles. The average molecular weight is 357 g/mol. The number of ketones is 1. The van der Waals surface area contributed by atoms with E-state index >= 15 is 0 Å². The highest BCUT2D eigenvalue weighted by Gasteiger charge is 2.16. The molecular formula is C19H17ClN2O3. The molecule has 1 amide bonds. The van der Waals surface area contributed by atoms with Crippen LogP contribution < -0.4 is 5.32 Å². The molecular weight excluding hydrogens is 340 g/mol. The molecule has 3 rings (SSSR count). The van der Waals surface area contributed by atoms with E-state index in [-0.39, 0.29) is 18.1 Å². The number of nitrogens with zero attached hydrogens (tertiary/aromatic N) is 1. The Balaban J connectivity index is 1.84. The van der Waals surface area contributed by atoms with Crippen LogP contribution in [0.1, 0.15) is 34.1 Å². The molecule has 3 aromatic rings. The summed E-state index contributed by atoms with van der Waals surface area (Å²) in [6.07, 6.45) is 0.0521. The molecule has 0 spiro atoms. The molecule has 0 atom stereocenters. The summed E-state index contributed by atoms with van der Waals surface area (Å²) in [6.45, 7) is 5.38. The molecule has 1 N–H and O–H groups in total. The monoisotopic (exact) mass is 356 g/mol. The molecule has 0 bridgehead atoms. The van der Waals surface area contributed by atoms with E-state index in [9.17, 15) is 9.59 Å². The summed E-state index contributed by atoms with van der Waals surface area (Å²) in [5.41, 5.74) is 4.19. The van der Waals surface area contributed by atoms with Crippen molar-refractivity contribution in [1.29, 1.82) is 0 Å². The van der Waals surface area contributed by atoms with Gasteiger partial charge in [-0.3, -0.25) is 9.59 Å². The Kier molecular flexibility index (Phi) is 4.59. The number of nitrogens with one attached hydrogen (secondary N) is 1. The number of amides is 1. The lowest BCUT2D eigenvalue weighted by atomic mass is 10.1. The average Bonchev–Trinajstić information content (AvgIpc) is 2.92. The maximum atomic E-state index is 12.4. The molecule has 0 saturated heterocycles. The number of aryl methyl sites for hydroxylation is 2.